The molecule has 0 aliphatic heterocycles. The first kappa shape index (κ1) is 15.9. The molecule has 3 nitrogen and oxygen atoms in total. The summed E-state index contributed by atoms with van der Waals surface area (Å²) in [7, 11) is 3.98. The van der Waals surface area contributed by atoms with Crippen LogP contribution in [0.2, 0.25) is 0 Å². The van der Waals surface area contributed by atoms with Gasteiger partial charge in [0.2, 0.25) is 5.69 Å². The van der Waals surface area contributed by atoms with Gasteiger partial charge in [0.1, 0.15) is 0 Å². The van der Waals surface area contributed by atoms with Gasteiger partial charge in [0, 0.05) is 11.8 Å². The summed E-state index contributed by atoms with van der Waals surface area (Å²) in [5, 5.41) is 0.507. The minimum atomic E-state index is -2.61. The van der Waals surface area contributed by atoms with E-state index in [0.29, 0.717) is 11.9 Å². The quantitative estimate of drug-likeness (QED) is 0.601. The Labute approximate surface area is 114 Å². The van der Waals surface area contributed by atoms with Crippen molar-refractivity contribution in [1.82, 2.24) is 4.90 Å². The third kappa shape index (κ3) is 7.81. The van der Waals surface area contributed by atoms with Gasteiger partial charge in [0.15, 0.2) is 0 Å². The second kappa shape index (κ2) is 8.13. The third-order valence-corrected chi connectivity index (χ3v) is 7.52. The lowest BCUT2D eigenvalue weighted by atomic mass is 10.2. The fraction of sp³-hybridized carbons (Fsp3) is 1.00. The van der Waals surface area contributed by atoms with Gasteiger partial charge in [-0.2, -0.15) is 0 Å². The summed E-state index contributed by atoms with van der Waals surface area (Å²) in [5.74, 6) is 0. The molecule has 1 aliphatic rings. The Morgan fingerprint density at radius 2 is 1.88 bits per heavy atom. The molecule has 1 fully saturated rings. The minimum absolute atomic E-state index is 0.507. The maximum absolute atomic E-state index is 10.1. The summed E-state index contributed by atoms with van der Waals surface area (Å²) in [6, 6.07) is 0. The molecule has 0 bridgehead atoms. The standard InChI is InChI=1S/C11H24NO2PS2/c1-12(2)9-10-14-15(13,16)17-11-7-5-3-4-6-8-11/h11H,3-10H2,1-2H3,(H,13,16). The summed E-state index contributed by atoms with van der Waals surface area (Å²) in [6.45, 7) is 1.34. The molecule has 1 unspecified atom stereocenters. The Morgan fingerprint density at radius 1 is 1.29 bits per heavy atom. The van der Waals surface area contributed by atoms with Crippen molar-refractivity contribution in [3.63, 3.8) is 0 Å². The van der Waals surface area contributed by atoms with E-state index in [2.05, 4.69) is 0 Å². The van der Waals surface area contributed by atoms with Crippen molar-refractivity contribution in [3.05, 3.63) is 0 Å². The zero-order valence-electron chi connectivity index (χ0n) is 10.8. The van der Waals surface area contributed by atoms with Crippen LogP contribution in [-0.4, -0.2) is 42.3 Å². The lowest BCUT2D eigenvalue weighted by Crippen LogP contribution is -2.17. The highest BCUT2D eigenvalue weighted by atomic mass is 32.9. The molecule has 1 aliphatic carbocycles. The summed E-state index contributed by atoms with van der Waals surface area (Å²) >= 11 is 6.74. The molecule has 1 N–H and O–H groups in total. The predicted molar refractivity (Wildman–Crippen MR) is 80.1 cm³/mol. The molecule has 0 spiro atoms. The molecule has 1 atom stereocenters. The molecule has 0 amide bonds. The van der Waals surface area contributed by atoms with Gasteiger partial charge >= 0.3 is 0 Å². The number of likely N-dealkylation sites (N-methyl/N-ethyl adjacent to an activating group) is 1. The predicted octanol–water partition coefficient (Wildman–Crippen LogP) is 3.24. The summed E-state index contributed by atoms with van der Waals surface area (Å²) in [5.41, 5.74) is -2.61. The van der Waals surface area contributed by atoms with E-state index in [1.165, 1.54) is 49.9 Å². The van der Waals surface area contributed by atoms with E-state index >= 15 is 0 Å². The zero-order valence-corrected chi connectivity index (χ0v) is 13.3. The SMILES string of the molecule is CN(C)CCOP(O)(=S)SC1CCCCCC1. The lowest BCUT2D eigenvalue weighted by Gasteiger charge is -2.21. The number of hydrogen-bond donors (Lipinski definition) is 1. The molecular weight excluding hydrogens is 273 g/mol. The van der Waals surface area contributed by atoms with Crippen LogP contribution in [0.5, 0.6) is 0 Å². The molecule has 6 heteroatoms. The van der Waals surface area contributed by atoms with Gasteiger partial charge in [-0.3, -0.25) is 0 Å². The van der Waals surface area contributed by atoms with Gasteiger partial charge in [0.25, 0.3) is 0 Å². The fourth-order valence-electron chi connectivity index (χ4n) is 1.90. The molecule has 17 heavy (non-hydrogen) atoms. The molecule has 1 rings (SSSR count). The monoisotopic (exact) mass is 297 g/mol. The van der Waals surface area contributed by atoms with E-state index < -0.39 is 5.69 Å². The van der Waals surface area contributed by atoms with Crippen LogP contribution in [0.25, 0.3) is 0 Å². The highest BCUT2D eigenvalue weighted by molar-refractivity contribution is 8.67. The van der Waals surface area contributed by atoms with E-state index in [-0.39, 0.29) is 0 Å². The first-order valence-corrected chi connectivity index (χ1v) is 10.5. The van der Waals surface area contributed by atoms with Gasteiger partial charge < -0.3 is 14.3 Å². The zero-order chi connectivity index (χ0) is 12.7. The van der Waals surface area contributed by atoms with Crippen molar-refractivity contribution in [2.75, 3.05) is 27.2 Å². The van der Waals surface area contributed by atoms with Crippen molar-refractivity contribution in [2.24, 2.45) is 0 Å². The van der Waals surface area contributed by atoms with E-state index in [0.717, 1.165) is 6.54 Å². The van der Waals surface area contributed by atoms with Crippen LogP contribution in [-0.2, 0) is 16.3 Å². The largest absolute Gasteiger partial charge is 0.337 e. The highest BCUT2D eigenvalue weighted by Crippen LogP contribution is 2.59. The molecular formula is C11H24NO2PS2. The van der Waals surface area contributed by atoms with Crippen LogP contribution >= 0.6 is 17.1 Å². The highest BCUT2D eigenvalue weighted by Gasteiger charge is 2.22. The molecule has 0 aromatic carbocycles. The van der Waals surface area contributed by atoms with Crippen LogP contribution < -0.4 is 0 Å². The first-order valence-electron chi connectivity index (χ1n) is 6.30. The maximum Gasteiger partial charge on any atom is 0.245 e. The molecule has 0 heterocycles. The molecule has 0 radical (unpaired) electrons. The van der Waals surface area contributed by atoms with E-state index in [1.807, 2.05) is 19.0 Å². The van der Waals surface area contributed by atoms with Gasteiger partial charge in [0.05, 0.1) is 6.61 Å². The smallest absolute Gasteiger partial charge is 0.245 e. The molecule has 0 aromatic rings. The second-order valence-electron chi connectivity index (χ2n) is 4.82. The topological polar surface area (TPSA) is 32.7 Å². The van der Waals surface area contributed by atoms with Crippen molar-refractivity contribution in [2.45, 2.75) is 43.8 Å². The summed E-state index contributed by atoms with van der Waals surface area (Å²) in [4.78, 5) is 12.2. The van der Waals surface area contributed by atoms with Crippen molar-refractivity contribution < 1.29 is 9.42 Å². The Bertz CT molecular complexity index is 256. The van der Waals surface area contributed by atoms with E-state index in [9.17, 15) is 4.89 Å². The van der Waals surface area contributed by atoms with Gasteiger partial charge in [-0.1, -0.05) is 37.1 Å². The molecule has 0 aromatic heterocycles. The fourth-order valence-corrected chi connectivity index (χ4v) is 6.69. The first-order chi connectivity index (χ1) is 7.99. The van der Waals surface area contributed by atoms with Gasteiger partial charge in [-0.05, 0) is 38.7 Å². The van der Waals surface area contributed by atoms with Gasteiger partial charge in [-0.25, -0.2) is 0 Å². The Kier molecular flexibility index (Phi) is 7.62. The second-order valence-corrected chi connectivity index (χ2v) is 11.2. The van der Waals surface area contributed by atoms with Gasteiger partial charge in [-0.15, -0.1) is 0 Å². The number of nitrogens with zero attached hydrogens (tertiary/aromatic N) is 1. The van der Waals surface area contributed by atoms with E-state index in [4.69, 9.17) is 16.3 Å². The summed E-state index contributed by atoms with van der Waals surface area (Å²) in [6.07, 6.45) is 7.55. The molecule has 102 valence electrons. The van der Waals surface area contributed by atoms with Crippen LogP contribution in [0.15, 0.2) is 0 Å². The lowest BCUT2D eigenvalue weighted by molar-refractivity contribution is 0.265. The van der Waals surface area contributed by atoms with Crippen LogP contribution in [0, 0.1) is 0 Å². The van der Waals surface area contributed by atoms with Crippen LogP contribution in [0.1, 0.15) is 38.5 Å². The maximum atomic E-state index is 10.1. The Morgan fingerprint density at radius 3 is 2.41 bits per heavy atom. The minimum Gasteiger partial charge on any atom is -0.337 e. The average Bonchev–Trinajstić information content (AvgIpc) is 2.44. The van der Waals surface area contributed by atoms with Crippen LogP contribution in [0.3, 0.4) is 0 Å². The Hall–Kier alpha value is 0.880. The van der Waals surface area contributed by atoms with Crippen molar-refractivity contribution in [1.29, 1.82) is 0 Å². The number of hydrogen-bond acceptors (Lipinski definition) is 4. The number of rotatable bonds is 6. The van der Waals surface area contributed by atoms with Crippen molar-refractivity contribution >= 4 is 28.9 Å². The third-order valence-electron chi connectivity index (χ3n) is 2.88. The van der Waals surface area contributed by atoms with Crippen molar-refractivity contribution in [3.8, 4) is 0 Å². The Balaban J connectivity index is 2.28. The van der Waals surface area contributed by atoms with Crippen LogP contribution in [0.4, 0.5) is 0 Å². The molecule has 0 saturated heterocycles. The van der Waals surface area contributed by atoms with E-state index in [1.54, 1.807) is 0 Å². The summed E-state index contributed by atoms with van der Waals surface area (Å²) < 4.78 is 5.49. The molecule has 1 saturated carbocycles. The normalized spacial score (nSPS) is 22.4. The average molecular weight is 297 g/mol.